The van der Waals surface area contributed by atoms with E-state index in [4.69, 9.17) is 4.74 Å². The summed E-state index contributed by atoms with van der Waals surface area (Å²) in [6, 6.07) is 7.42. The highest BCUT2D eigenvalue weighted by molar-refractivity contribution is 5.85. The van der Waals surface area contributed by atoms with Crippen LogP contribution in [0.1, 0.15) is 116 Å². The molecule has 0 saturated heterocycles. The molecule has 9 heteroatoms. The summed E-state index contributed by atoms with van der Waals surface area (Å²) in [6.45, 7) is 23.5. The number of carbonyl (C=O) groups is 2. The van der Waals surface area contributed by atoms with Gasteiger partial charge in [-0.1, -0.05) is 83.1 Å². The van der Waals surface area contributed by atoms with Crippen LogP contribution in [-0.4, -0.2) is 47.7 Å². The lowest BCUT2D eigenvalue weighted by Gasteiger charge is -2.27. The third kappa shape index (κ3) is 10.2. The molecule has 0 radical (unpaired) electrons. The van der Waals surface area contributed by atoms with Gasteiger partial charge in [-0.05, 0) is 57.1 Å². The molecule has 9 nitrogen and oxygen atoms in total. The average Bonchev–Trinajstić information content (AvgIpc) is 2.82. The zero-order valence-electron chi connectivity index (χ0n) is 27.9. The van der Waals surface area contributed by atoms with Crippen LogP contribution in [0.25, 0.3) is 0 Å². The summed E-state index contributed by atoms with van der Waals surface area (Å²) in [5, 5.41) is 29.8. The van der Waals surface area contributed by atoms with Crippen molar-refractivity contribution in [2.75, 3.05) is 13.2 Å². The molecule has 43 heavy (non-hydrogen) atoms. The number of aromatic hydroxyl groups is 2. The first-order valence-electron chi connectivity index (χ1n) is 14.5. The topological polar surface area (TPSA) is 133 Å². The van der Waals surface area contributed by atoms with E-state index in [1.807, 2.05) is 107 Å². The van der Waals surface area contributed by atoms with Gasteiger partial charge in [0, 0.05) is 22.3 Å². The van der Waals surface area contributed by atoms with Crippen LogP contribution >= 0.6 is 0 Å². The lowest BCUT2D eigenvalue weighted by atomic mass is 9.78. The van der Waals surface area contributed by atoms with Gasteiger partial charge < -0.3 is 14.9 Å². The van der Waals surface area contributed by atoms with Crippen molar-refractivity contribution in [3.8, 4) is 11.5 Å². The second-order valence-corrected chi connectivity index (χ2v) is 15.0. The van der Waals surface area contributed by atoms with E-state index in [1.165, 1.54) is 12.4 Å². The van der Waals surface area contributed by atoms with Gasteiger partial charge in [0.05, 0.1) is 12.4 Å². The lowest BCUT2D eigenvalue weighted by molar-refractivity contribution is -0.130. The van der Waals surface area contributed by atoms with E-state index in [9.17, 15) is 19.8 Å². The van der Waals surface area contributed by atoms with Crippen molar-refractivity contribution in [3.05, 3.63) is 57.6 Å². The summed E-state index contributed by atoms with van der Waals surface area (Å²) in [4.78, 5) is 24.4. The molecule has 0 bridgehead atoms. The van der Waals surface area contributed by atoms with Crippen molar-refractivity contribution >= 4 is 24.2 Å². The highest BCUT2D eigenvalue weighted by atomic mass is 16.5. The largest absolute Gasteiger partial charge is 0.507 e. The van der Waals surface area contributed by atoms with Crippen LogP contribution < -0.4 is 10.9 Å². The number of hydrazone groups is 2. The standard InChI is InChI=1S/C34H50N4O5/c1-31(2,3)23-13-21(14-24(29(23)41)32(4,5)6)17-35-37-27(39)19-43-20-28(40)38-36-18-22-15-25(33(7,8)9)30(42)26(16-22)34(10,11)12/h13-18,41-42H,19-20H2,1-12H3,(H,37,39)(H,38,40)/b35-17+,36-18+. The molecular weight excluding hydrogens is 544 g/mol. The molecule has 0 fully saturated rings. The second kappa shape index (κ2) is 13.3. The van der Waals surface area contributed by atoms with E-state index in [-0.39, 0.29) is 46.4 Å². The lowest BCUT2D eigenvalue weighted by Crippen LogP contribution is -2.28. The van der Waals surface area contributed by atoms with Gasteiger partial charge in [-0.15, -0.1) is 0 Å². The van der Waals surface area contributed by atoms with Crippen molar-refractivity contribution in [2.45, 2.75) is 105 Å². The third-order valence-corrected chi connectivity index (χ3v) is 6.77. The maximum atomic E-state index is 12.2. The Balaban J connectivity index is 1.97. The van der Waals surface area contributed by atoms with Gasteiger partial charge in [0.1, 0.15) is 24.7 Å². The van der Waals surface area contributed by atoms with Gasteiger partial charge in [0.15, 0.2) is 0 Å². The molecule has 0 aliphatic heterocycles. The second-order valence-electron chi connectivity index (χ2n) is 15.0. The number of hydrogen-bond donors (Lipinski definition) is 4. The summed E-state index contributed by atoms with van der Waals surface area (Å²) in [5.41, 5.74) is 8.30. The fraction of sp³-hybridized carbons (Fsp3) is 0.529. The Bertz CT molecular complexity index is 1210. The molecule has 0 saturated carbocycles. The first kappa shape index (κ1) is 35.5. The quantitative estimate of drug-likeness (QED) is 0.223. The molecule has 0 heterocycles. The number of nitrogens with one attached hydrogen (secondary N) is 2. The zero-order chi connectivity index (χ0) is 33.0. The average molecular weight is 595 g/mol. The Hall–Kier alpha value is -3.72. The first-order chi connectivity index (χ1) is 19.5. The maximum Gasteiger partial charge on any atom is 0.266 e. The molecule has 2 amide bonds. The van der Waals surface area contributed by atoms with E-state index in [0.29, 0.717) is 0 Å². The number of hydrogen-bond acceptors (Lipinski definition) is 7. The number of phenols is 2. The molecule has 4 N–H and O–H groups in total. The van der Waals surface area contributed by atoms with Gasteiger partial charge in [-0.2, -0.15) is 10.2 Å². The first-order valence-corrected chi connectivity index (χ1v) is 14.5. The van der Waals surface area contributed by atoms with Crippen molar-refractivity contribution in [2.24, 2.45) is 10.2 Å². The predicted octanol–water partition coefficient (Wildman–Crippen LogP) is 5.90. The minimum absolute atomic E-state index is 0.268. The fourth-order valence-corrected chi connectivity index (χ4v) is 4.41. The summed E-state index contributed by atoms with van der Waals surface area (Å²) >= 11 is 0. The minimum atomic E-state index is -0.521. The van der Waals surface area contributed by atoms with Gasteiger partial charge in [0.25, 0.3) is 11.8 Å². The van der Waals surface area contributed by atoms with Crippen LogP contribution in [0, 0.1) is 0 Å². The van der Waals surface area contributed by atoms with E-state index in [0.717, 1.165) is 33.4 Å². The highest BCUT2D eigenvalue weighted by Gasteiger charge is 2.27. The van der Waals surface area contributed by atoms with Crippen LogP contribution in [0.3, 0.4) is 0 Å². The number of rotatable bonds is 8. The van der Waals surface area contributed by atoms with Crippen molar-refractivity contribution in [1.29, 1.82) is 0 Å². The monoisotopic (exact) mass is 594 g/mol. The molecule has 0 aromatic heterocycles. The number of phenolic OH excluding ortho intramolecular Hbond substituents is 2. The van der Waals surface area contributed by atoms with Crippen LogP contribution in [0.4, 0.5) is 0 Å². The van der Waals surface area contributed by atoms with E-state index < -0.39 is 11.8 Å². The summed E-state index contributed by atoms with van der Waals surface area (Å²) in [6.07, 6.45) is 3.03. The van der Waals surface area contributed by atoms with Gasteiger partial charge in [-0.3, -0.25) is 9.59 Å². The summed E-state index contributed by atoms with van der Waals surface area (Å²) < 4.78 is 5.21. The van der Waals surface area contributed by atoms with E-state index in [1.54, 1.807) is 0 Å². The van der Waals surface area contributed by atoms with Crippen molar-refractivity contribution in [1.82, 2.24) is 10.9 Å². The van der Waals surface area contributed by atoms with Gasteiger partial charge in [0.2, 0.25) is 0 Å². The molecule has 0 spiro atoms. The maximum absolute atomic E-state index is 12.2. The molecule has 236 valence electrons. The Kier molecular flexibility index (Phi) is 11.0. The molecule has 2 aromatic rings. The molecular formula is C34H50N4O5. The van der Waals surface area contributed by atoms with Crippen LogP contribution in [0.5, 0.6) is 11.5 Å². The van der Waals surface area contributed by atoms with E-state index >= 15 is 0 Å². The number of ether oxygens (including phenoxy) is 1. The van der Waals surface area contributed by atoms with Crippen LogP contribution in [0.15, 0.2) is 34.5 Å². The number of benzene rings is 2. The highest BCUT2D eigenvalue weighted by Crippen LogP contribution is 2.40. The Morgan fingerprint density at radius 2 is 0.860 bits per heavy atom. The molecule has 0 atom stereocenters. The van der Waals surface area contributed by atoms with Crippen molar-refractivity contribution in [3.63, 3.8) is 0 Å². The van der Waals surface area contributed by atoms with Crippen molar-refractivity contribution < 1.29 is 24.5 Å². The fourth-order valence-electron chi connectivity index (χ4n) is 4.41. The Labute approximate surface area is 256 Å². The zero-order valence-corrected chi connectivity index (χ0v) is 27.9. The number of carbonyl (C=O) groups excluding carboxylic acids is 2. The van der Waals surface area contributed by atoms with Gasteiger partial charge in [-0.25, -0.2) is 10.9 Å². The third-order valence-electron chi connectivity index (χ3n) is 6.77. The molecule has 2 rings (SSSR count). The SMILES string of the molecule is CC(C)(C)c1cc(/C=N/NC(=O)COCC(=O)N/N=C/c2cc(C(C)(C)C)c(O)c(C(C)(C)C)c2)cc(C(C)(C)C)c1O. The summed E-state index contributed by atoms with van der Waals surface area (Å²) in [5.74, 6) is -0.506. The number of nitrogens with zero attached hydrogens (tertiary/aromatic N) is 2. The molecule has 2 aromatic carbocycles. The summed E-state index contributed by atoms with van der Waals surface area (Å²) in [7, 11) is 0. The van der Waals surface area contributed by atoms with Crippen LogP contribution in [-0.2, 0) is 36.0 Å². The molecule has 0 aliphatic carbocycles. The molecule has 0 aliphatic rings. The van der Waals surface area contributed by atoms with Crippen LogP contribution in [0.2, 0.25) is 0 Å². The smallest absolute Gasteiger partial charge is 0.266 e. The Morgan fingerprint density at radius 3 is 1.09 bits per heavy atom. The van der Waals surface area contributed by atoms with Gasteiger partial charge >= 0.3 is 0 Å². The van der Waals surface area contributed by atoms with E-state index in [2.05, 4.69) is 21.1 Å². The number of amides is 2. The Morgan fingerprint density at radius 1 is 0.605 bits per heavy atom. The predicted molar refractivity (Wildman–Crippen MR) is 173 cm³/mol. The molecule has 0 unspecified atom stereocenters. The normalized spacial score (nSPS) is 13.1. The minimum Gasteiger partial charge on any atom is -0.507 e.